The third-order valence-corrected chi connectivity index (χ3v) is 5.53. The van der Waals surface area contributed by atoms with Gasteiger partial charge in [-0.1, -0.05) is 20.8 Å². The van der Waals surface area contributed by atoms with E-state index in [-0.39, 0.29) is 24.3 Å². The van der Waals surface area contributed by atoms with E-state index in [2.05, 4.69) is 30.5 Å². The van der Waals surface area contributed by atoms with E-state index < -0.39 is 0 Å². The van der Waals surface area contributed by atoms with Gasteiger partial charge in [0.1, 0.15) is 0 Å². The molecule has 0 saturated carbocycles. The maximum atomic E-state index is 10.8. The number of hydrogen-bond acceptors (Lipinski definition) is 4. The number of aliphatic hydroxyl groups is 1. The van der Waals surface area contributed by atoms with Gasteiger partial charge in [-0.05, 0) is 53.9 Å². The minimum absolute atomic E-state index is 0.00209. The van der Waals surface area contributed by atoms with Crippen LogP contribution in [0.4, 0.5) is 0 Å². The second kappa shape index (κ2) is 7.46. The molecule has 3 rings (SSSR count). The first-order valence-corrected chi connectivity index (χ1v) is 9.41. The first-order valence-electron chi connectivity index (χ1n) is 9.41. The lowest BCUT2D eigenvalue weighted by Gasteiger charge is -2.47. The van der Waals surface area contributed by atoms with Crippen molar-refractivity contribution >= 4 is 0 Å². The standard InChI is InChI=1S/C21H30N2O3/c1-21(2,3)11-15-12-23-7-6-14-8-20(26-13-22-4)19(25-5)9-16(14)17(23)10-18(15)24/h8-9,15,17-18,24H,6-7,10-13H2,1-3,5H3/t15-,17-,18-/m1/s1. The van der Waals surface area contributed by atoms with Crippen molar-refractivity contribution in [2.75, 3.05) is 26.9 Å². The summed E-state index contributed by atoms with van der Waals surface area (Å²) in [7, 11) is 1.63. The highest BCUT2D eigenvalue weighted by Gasteiger charge is 2.39. The summed E-state index contributed by atoms with van der Waals surface area (Å²) in [6.45, 7) is 15.6. The van der Waals surface area contributed by atoms with Crippen LogP contribution in [0.3, 0.4) is 0 Å². The molecular formula is C21H30N2O3. The lowest BCUT2D eigenvalue weighted by molar-refractivity contribution is -0.0259. The fraction of sp³-hybridized carbons (Fsp3) is 0.667. The maximum Gasteiger partial charge on any atom is 0.357 e. The first-order chi connectivity index (χ1) is 12.3. The van der Waals surface area contributed by atoms with Gasteiger partial charge < -0.3 is 14.6 Å². The molecule has 1 aromatic rings. The summed E-state index contributed by atoms with van der Waals surface area (Å²) in [6, 6.07) is 4.29. The van der Waals surface area contributed by atoms with E-state index in [0.717, 1.165) is 32.4 Å². The Morgan fingerprint density at radius 2 is 2.08 bits per heavy atom. The van der Waals surface area contributed by atoms with Crippen LogP contribution >= 0.6 is 0 Å². The van der Waals surface area contributed by atoms with E-state index in [1.165, 1.54) is 11.1 Å². The Labute approximate surface area is 156 Å². The summed E-state index contributed by atoms with van der Waals surface area (Å²) in [5.74, 6) is 1.63. The van der Waals surface area contributed by atoms with Gasteiger partial charge in [0.25, 0.3) is 0 Å². The molecule has 0 aliphatic carbocycles. The maximum absolute atomic E-state index is 10.8. The van der Waals surface area contributed by atoms with E-state index in [4.69, 9.17) is 16.0 Å². The molecule has 2 aliphatic heterocycles. The number of fused-ring (bicyclic) bond motifs is 3. The van der Waals surface area contributed by atoms with Gasteiger partial charge in [-0.25, -0.2) is 6.57 Å². The second-order valence-electron chi connectivity index (χ2n) is 8.72. The number of piperidine rings is 1. The van der Waals surface area contributed by atoms with Crippen LogP contribution in [-0.4, -0.2) is 43.0 Å². The van der Waals surface area contributed by atoms with Gasteiger partial charge in [-0.2, -0.15) is 0 Å². The van der Waals surface area contributed by atoms with Crippen molar-refractivity contribution in [3.63, 3.8) is 0 Å². The largest absolute Gasteiger partial charge is 0.493 e. The van der Waals surface area contributed by atoms with E-state index >= 15 is 0 Å². The number of methoxy groups -OCH3 is 1. The summed E-state index contributed by atoms with van der Waals surface area (Å²) in [5, 5.41) is 10.8. The number of benzene rings is 1. The molecular weight excluding hydrogens is 328 g/mol. The van der Waals surface area contributed by atoms with Gasteiger partial charge >= 0.3 is 6.73 Å². The normalized spacial score (nSPS) is 25.8. The molecule has 0 radical (unpaired) electrons. The summed E-state index contributed by atoms with van der Waals surface area (Å²) < 4.78 is 11.0. The van der Waals surface area contributed by atoms with Crippen LogP contribution in [0.5, 0.6) is 11.5 Å². The number of nitrogens with zero attached hydrogens (tertiary/aromatic N) is 2. The Morgan fingerprint density at radius 1 is 1.31 bits per heavy atom. The van der Waals surface area contributed by atoms with E-state index in [1.54, 1.807) is 7.11 Å². The topological polar surface area (TPSA) is 46.3 Å². The molecule has 0 amide bonds. The second-order valence-corrected chi connectivity index (χ2v) is 8.72. The molecule has 3 atom stereocenters. The van der Waals surface area contributed by atoms with Crippen molar-refractivity contribution in [1.29, 1.82) is 0 Å². The predicted molar refractivity (Wildman–Crippen MR) is 101 cm³/mol. The zero-order valence-electron chi connectivity index (χ0n) is 16.3. The van der Waals surface area contributed by atoms with Crippen LogP contribution in [0.1, 0.15) is 50.8 Å². The molecule has 142 valence electrons. The Kier molecular flexibility index (Phi) is 5.45. The molecule has 1 saturated heterocycles. The molecule has 5 nitrogen and oxygen atoms in total. The molecule has 2 heterocycles. The van der Waals surface area contributed by atoms with E-state index in [9.17, 15) is 5.11 Å². The Bertz CT molecular complexity index is 690. The fourth-order valence-electron chi connectivity index (χ4n) is 4.46. The molecule has 1 N–H and O–H groups in total. The SMILES string of the molecule is [C-]#[N+]COc1cc2c(cc1OC)[C@H]1C[C@@H](O)[C@H](CC(C)(C)C)CN1CC2. The quantitative estimate of drug-likeness (QED) is 0.835. The molecule has 5 heteroatoms. The van der Waals surface area contributed by atoms with E-state index in [0.29, 0.717) is 17.4 Å². The minimum atomic E-state index is -0.273. The smallest absolute Gasteiger partial charge is 0.357 e. The summed E-state index contributed by atoms with van der Waals surface area (Å²) in [6.07, 6.45) is 2.49. The Balaban J connectivity index is 1.84. The van der Waals surface area contributed by atoms with Crippen molar-refractivity contribution in [2.24, 2.45) is 11.3 Å². The molecule has 1 aromatic carbocycles. The van der Waals surface area contributed by atoms with Crippen LogP contribution in [0, 0.1) is 17.9 Å². The molecule has 1 fully saturated rings. The highest BCUT2D eigenvalue weighted by Crippen LogP contribution is 2.44. The van der Waals surface area contributed by atoms with Crippen LogP contribution in [0.2, 0.25) is 0 Å². The van der Waals surface area contributed by atoms with Crippen molar-refractivity contribution in [3.8, 4) is 11.5 Å². The highest BCUT2D eigenvalue weighted by atomic mass is 16.5. The van der Waals surface area contributed by atoms with Gasteiger partial charge in [-0.3, -0.25) is 9.74 Å². The summed E-state index contributed by atoms with van der Waals surface area (Å²) in [5.41, 5.74) is 2.70. The molecule has 2 aliphatic rings. The van der Waals surface area contributed by atoms with Gasteiger partial charge in [0, 0.05) is 19.1 Å². The zero-order chi connectivity index (χ0) is 18.9. The van der Waals surface area contributed by atoms with Gasteiger partial charge in [0.15, 0.2) is 11.5 Å². The zero-order valence-corrected chi connectivity index (χ0v) is 16.3. The van der Waals surface area contributed by atoms with Gasteiger partial charge in [0.2, 0.25) is 0 Å². The van der Waals surface area contributed by atoms with Crippen LogP contribution in [0.15, 0.2) is 12.1 Å². The minimum Gasteiger partial charge on any atom is -0.493 e. The van der Waals surface area contributed by atoms with Crippen LogP contribution < -0.4 is 9.47 Å². The van der Waals surface area contributed by atoms with Crippen molar-refractivity contribution in [2.45, 2.75) is 52.2 Å². The molecule has 0 unspecified atom stereocenters. The first kappa shape index (κ1) is 19.0. The van der Waals surface area contributed by atoms with Gasteiger partial charge in [-0.15, -0.1) is 0 Å². The van der Waals surface area contributed by atoms with Crippen molar-refractivity contribution in [1.82, 2.24) is 4.90 Å². The number of rotatable bonds is 4. The highest BCUT2D eigenvalue weighted by molar-refractivity contribution is 5.49. The Morgan fingerprint density at radius 3 is 2.73 bits per heavy atom. The summed E-state index contributed by atoms with van der Waals surface area (Å²) >= 11 is 0. The average Bonchev–Trinajstić information content (AvgIpc) is 2.58. The third kappa shape index (κ3) is 3.97. The molecule has 26 heavy (non-hydrogen) atoms. The lowest BCUT2D eigenvalue weighted by Crippen LogP contribution is -2.48. The third-order valence-electron chi connectivity index (χ3n) is 5.53. The number of hydrogen-bond donors (Lipinski definition) is 1. The van der Waals surface area contributed by atoms with E-state index in [1.807, 2.05) is 12.1 Å². The van der Waals surface area contributed by atoms with Gasteiger partial charge in [0.05, 0.1) is 13.2 Å². The fourth-order valence-corrected chi connectivity index (χ4v) is 4.46. The lowest BCUT2D eigenvalue weighted by atomic mass is 9.75. The molecule has 0 spiro atoms. The monoisotopic (exact) mass is 358 g/mol. The van der Waals surface area contributed by atoms with Crippen molar-refractivity contribution < 1.29 is 14.6 Å². The molecule has 0 bridgehead atoms. The predicted octanol–water partition coefficient (Wildman–Crippen LogP) is 3.67. The van der Waals surface area contributed by atoms with Crippen LogP contribution in [-0.2, 0) is 6.42 Å². The summed E-state index contributed by atoms with van der Waals surface area (Å²) in [4.78, 5) is 5.78. The van der Waals surface area contributed by atoms with Crippen molar-refractivity contribution in [3.05, 3.63) is 34.7 Å². The molecule has 0 aromatic heterocycles. The number of ether oxygens (including phenoxy) is 2. The Hall–Kier alpha value is -1.77. The van der Waals surface area contributed by atoms with Crippen LogP contribution in [0.25, 0.3) is 4.85 Å². The number of aliphatic hydroxyl groups excluding tert-OH is 1. The average molecular weight is 358 g/mol.